The molecule has 7 aromatic rings. The first kappa shape index (κ1) is 22.5. The van der Waals surface area contributed by atoms with Crippen molar-refractivity contribution in [1.82, 2.24) is 35.1 Å². The van der Waals surface area contributed by atoms with Crippen LogP contribution in [0.2, 0.25) is 0 Å². The molecule has 0 bridgehead atoms. The van der Waals surface area contributed by atoms with E-state index < -0.39 is 0 Å². The van der Waals surface area contributed by atoms with Gasteiger partial charge in [-0.25, -0.2) is 9.97 Å². The van der Waals surface area contributed by atoms with Gasteiger partial charge in [0.05, 0.1) is 34.0 Å². The summed E-state index contributed by atoms with van der Waals surface area (Å²) in [5.74, 6) is 0.427. The number of amides is 1. The minimum Gasteiger partial charge on any atom is -0.337 e. The van der Waals surface area contributed by atoms with Crippen LogP contribution in [-0.2, 0) is 0 Å². The molecular weight excluding hydrogens is 488 g/mol. The SMILES string of the molecule is O=C(Nc1cncc(-c2cnc3[nH]nc(-c4nc5c(-c6ccccn6)cccc5[nH]4)c3c2)c1)c1ccccc1. The van der Waals surface area contributed by atoms with Gasteiger partial charge in [0.2, 0.25) is 0 Å². The topological polar surface area (TPSA) is 125 Å². The Kier molecular flexibility index (Phi) is 5.37. The molecule has 0 unspecified atom stereocenters. The number of rotatable bonds is 5. The number of aromatic nitrogens is 7. The van der Waals surface area contributed by atoms with E-state index in [1.165, 1.54) is 0 Å². The van der Waals surface area contributed by atoms with Crippen molar-refractivity contribution in [3.63, 3.8) is 0 Å². The predicted molar refractivity (Wildman–Crippen MR) is 150 cm³/mol. The van der Waals surface area contributed by atoms with E-state index in [1.54, 1.807) is 36.9 Å². The zero-order valence-electron chi connectivity index (χ0n) is 20.5. The lowest BCUT2D eigenvalue weighted by molar-refractivity contribution is 0.102. The lowest BCUT2D eigenvalue weighted by Crippen LogP contribution is -2.11. The molecule has 2 aromatic carbocycles. The molecule has 39 heavy (non-hydrogen) atoms. The zero-order chi connectivity index (χ0) is 26.2. The summed E-state index contributed by atoms with van der Waals surface area (Å²) >= 11 is 0. The van der Waals surface area contributed by atoms with Gasteiger partial charge in [-0.05, 0) is 42.5 Å². The maximum Gasteiger partial charge on any atom is 0.255 e. The Balaban J connectivity index is 1.25. The molecule has 186 valence electrons. The van der Waals surface area contributed by atoms with E-state index in [0.717, 1.165) is 38.8 Å². The predicted octanol–water partition coefficient (Wildman–Crippen LogP) is 5.88. The number of carbonyl (C=O) groups is 1. The highest BCUT2D eigenvalue weighted by Crippen LogP contribution is 2.32. The Morgan fingerprint density at radius 1 is 0.821 bits per heavy atom. The first-order chi connectivity index (χ1) is 19.2. The summed E-state index contributed by atoms with van der Waals surface area (Å²) in [5.41, 5.74) is 7.60. The highest BCUT2D eigenvalue weighted by Gasteiger charge is 2.17. The molecule has 0 fully saturated rings. The van der Waals surface area contributed by atoms with E-state index in [1.807, 2.05) is 66.7 Å². The maximum absolute atomic E-state index is 12.6. The van der Waals surface area contributed by atoms with Crippen LogP contribution in [0.3, 0.4) is 0 Å². The van der Waals surface area contributed by atoms with Crippen molar-refractivity contribution in [2.75, 3.05) is 5.32 Å². The summed E-state index contributed by atoms with van der Waals surface area (Å²) in [4.78, 5) is 34.3. The number of nitrogens with one attached hydrogen (secondary N) is 3. The second kappa shape index (κ2) is 9.31. The second-order valence-electron chi connectivity index (χ2n) is 8.98. The third-order valence-electron chi connectivity index (χ3n) is 6.46. The number of imidazole rings is 1. The summed E-state index contributed by atoms with van der Waals surface area (Å²) in [6.45, 7) is 0. The number of para-hydroxylation sites is 1. The summed E-state index contributed by atoms with van der Waals surface area (Å²) in [7, 11) is 0. The van der Waals surface area contributed by atoms with Gasteiger partial charge in [-0.2, -0.15) is 5.10 Å². The lowest BCUT2D eigenvalue weighted by Gasteiger charge is -2.07. The summed E-state index contributed by atoms with van der Waals surface area (Å²) in [6, 6.07) is 24.7. The van der Waals surface area contributed by atoms with Crippen LogP contribution >= 0.6 is 0 Å². The molecule has 5 heterocycles. The molecule has 1 amide bonds. The van der Waals surface area contributed by atoms with Crippen LogP contribution in [-0.4, -0.2) is 41.0 Å². The van der Waals surface area contributed by atoms with Gasteiger partial charge in [-0.3, -0.25) is 19.9 Å². The molecule has 0 radical (unpaired) electrons. The van der Waals surface area contributed by atoms with Gasteiger partial charge >= 0.3 is 0 Å². The Bertz CT molecular complexity index is 1960. The van der Waals surface area contributed by atoms with Gasteiger partial charge in [-0.15, -0.1) is 0 Å². The van der Waals surface area contributed by atoms with Crippen molar-refractivity contribution in [1.29, 1.82) is 0 Å². The van der Waals surface area contributed by atoms with E-state index in [2.05, 4.69) is 35.5 Å². The molecule has 9 nitrogen and oxygen atoms in total. The van der Waals surface area contributed by atoms with E-state index in [0.29, 0.717) is 28.4 Å². The molecule has 0 saturated carbocycles. The van der Waals surface area contributed by atoms with Crippen LogP contribution in [0.1, 0.15) is 10.4 Å². The van der Waals surface area contributed by atoms with Crippen molar-refractivity contribution < 1.29 is 4.79 Å². The fraction of sp³-hybridized carbons (Fsp3) is 0. The molecule has 0 aliphatic heterocycles. The average Bonchev–Trinajstić information content (AvgIpc) is 3.62. The quantitative estimate of drug-likeness (QED) is 0.267. The van der Waals surface area contributed by atoms with Crippen molar-refractivity contribution in [2.24, 2.45) is 0 Å². The van der Waals surface area contributed by atoms with Crippen LogP contribution in [0.25, 0.3) is 56.0 Å². The number of anilines is 1. The van der Waals surface area contributed by atoms with Crippen molar-refractivity contribution in [2.45, 2.75) is 0 Å². The molecule has 0 aliphatic carbocycles. The Morgan fingerprint density at radius 2 is 1.69 bits per heavy atom. The van der Waals surface area contributed by atoms with Crippen molar-refractivity contribution >= 4 is 33.7 Å². The largest absolute Gasteiger partial charge is 0.337 e. The molecule has 0 saturated heterocycles. The molecule has 0 aliphatic rings. The van der Waals surface area contributed by atoms with E-state index >= 15 is 0 Å². The van der Waals surface area contributed by atoms with Crippen LogP contribution in [0.5, 0.6) is 0 Å². The number of fused-ring (bicyclic) bond motifs is 2. The summed E-state index contributed by atoms with van der Waals surface area (Å²) in [5, 5.41) is 11.2. The first-order valence-electron chi connectivity index (χ1n) is 12.3. The Morgan fingerprint density at radius 3 is 2.56 bits per heavy atom. The lowest BCUT2D eigenvalue weighted by atomic mass is 10.1. The van der Waals surface area contributed by atoms with Gasteiger partial charge in [0.1, 0.15) is 5.69 Å². The number of benzene rings is 2. The van der Waals surface area contributed by atoms with Gasteiger partial charge < -0.3 is 10.3 Å². The molecule has 0 atom stereocenters. The van der Waals surface area contributed by atoms with Crippen LogP contribution in [0.15, 0.2) is 104 Å². The van der Waals surface area contributed by atoms with Gasteiger partial charge in [0.15, 0.2) is 11.5 Å². The van der Waals surface area contributed by atoms with E-state index in [4.69, 9.17) is 4.98 Å². The smallest absolute Gasteiger partial charge is 0.255 e. The van der Waals surface area contributed by atoms with Crippen LogP contribution in [0.4, 0.5) is 5.69 Å². The minimum absolute atomic E-state index is 0.199. The van der Waals surface area contributed by atoms with E-state index in [9.17, 15) is 4.79 Å². The fourth-order valence-electron chi connectivity index (χ4n) is 4.57. The van der Waals surface area contributed by atoms with Crippen molar-refractivity contribution in [3.05, 3.63) is 109 Å². The number of nitrogens with zero attached hydrogens (tertiary/aromatic N) is 5. The molecule has 3 N–H and O–H groups in total. The molecular formula is C30H20N8O. The summed E-state index contributed by atoms with van der Waals surface area (Å²) in [6.07, 6.45) is 6.88. The third kappa shape index (κ3) is 4.17. The fourth-order valence-corrected chi connectivity index (χ4v) is 4.57. The van der Waals surface area contributed by atoms with Crippen LogP contribution < -0.4 is 5.32 Å². The number of H-pyrrole nitrogens is 2. The third-order valence-corrected chi connectivity index (χ3v) is 6.46. The molecule has 5 aromatic heterocycles. The number of pyridine rings is 3. The highest BCUT2D eigenvalue weighted by atomic mass is 16.1. The number of carbonyl (C=O) groups excluding carboxylic acids is 1. The highest BCUT2D eigenvalue weighted by molar-refractivity contribution is 6.04. The Hall–Kier alpha value is -5.70. The Labute approximate surface area is 222 Å². The minimum atomic E-state index is -0.199. The summed E-state index contributed by atoms with van der Waals surface area (Å²) < 4.78 is 0. The first-order valence-corrected chi connectivity index (χ1v) is 12.3. The molecule has 9 heteroatoms. The van der Waals surface area contributed by atoms with Crippen molar-refractivity contribution in [3.8, 4) is 33.9 Å². The number of aromatic amines is 2. The molecule has 0 spiro atoms. The maximum atomic E-state index is 12.6. The van der Waals surface area contributed by atoms with Crippen LogP contribution in [0, 0.1) is 0 Å². The zero-order valence-corrected chi connectivity index (χ0v) is 20.5. The van der Waals surface area contributed by atoms with Gasteiger partial charge in [0, 0.05) is 40.8 Å². The van der Waals surface area contributed by atoms with Gasteiger partial charge in [0.25, 0.3) is 5.91 Å². The number of hydrogen-bond acceptors (Lipinski definition) is 6. The average molecular weight is 509 g/mol. The van der Waals surface area contributed by atoms with E-state index in [-0.39, 0.29) is 5.91 Å². The monoisotopic (exact) mass is 508 g/mol. The number of hydrogen-bond donors (Lipinski definition) is 3. The standard InChI is InChI=1S/C30H20N8O/c39-30(18-7-2-1-3-8-18)34-21-13-19(15-31-17-21)20-14-23-27(37-38-28(23)33-16-20)29-35-25-11-6-9-22(26(25)36-29)24-10-4-5-12-32-24/h1-17H,(H,34,39)(H,35,36)(H,33,37,38). The normalized spacial score (nSPS) is 11.2. The molecule has 7 rings (SSSR count). The second-order valence-corrected chi connectivity index (χ2v) is 8.98. The van der Waals surface area contributed by atoms with Gasteiger partial charge in [-0.1, -0.05) is 36.4 Å².